The second-order valence-corrected chi connectivity index (χ2v) is 11.4. The van der Waals surface area contributed by atoms with Gasteiger partial charge in [0, 0.05) is 23.7 Å². The van der Waals surface area contributed by atoms with Crippen molar-refractivity contribution in [1.82, 2.24) is 4.31 Å². The van der Waals surface area contributed by atoms with E-state index in [-0.39, 0.29) is 17.2 Å². The predicted octanol–water partition coefficient (Wildman–Crippen LogP) is 5.79. The first-order valence-corrected chi connectivity index (χ1v) is 14.1. The number of phenols is 1. The maximum atomic E-state index is 14.2. The third-order valence-electron chi connectivity index (χ3n) is 7.05. The van der Waals surface area contributed by atoms with Crippen LogP contribution in [0.3, 0.4) is 0 Å². The molecule has 5 rings (SSSR count). The minimum atomic E-state index is -3.94. The first-order valence-electron chi connectivity index (χ1n) is 12.6. The van der Waals surface area contributed by atoms with E-state index in [9.17, 15) is 13.5 Å². The van der Waals surface area contributed by atoms with Crippen LogP contribution >= 0.6 is 0 Å². The van der Waals surface area contributed by atoms with Crippen molar-refractivity contribution in [3.8, 4) is 23.0 Å². The summed E-state index contributed by atoms with van der Waals surface area (Å²) in [6.07, 6.45) is 0.382. The van der Waals surface area contributed by atoms with Gasteiger partial charge in [0.25, 0.3) is 0 Å². The first-order chi connectivity index (χ1) is 18.8. The monoisotopic (exact) mass is 545 g/mol. The van der Waals surface area contributed by atoms with E-state index in [1.165, 1.54) is 17.5 Å². The number of ether oxygens (including phenoxy) is 3. The fourth-order valence-corrected chi connectivity index (χ4v) is 6.55. The van der Waals surface area contributed by atoms with E-state index >= 15 is 0 Å². The maximum Gasteiger partial charge on any atom is 0.243 e. The molecule has 0 aliphatic carbocycles. The molecule has 0 spiro atoms. The van der Waals surface area contributed by atoms with Crippen molar-refractivity contribution in [2.75, 3.05) is 14.2 Å². The maximum absolute atomic E-state index is 14.2. The lowest BCUT2D eigenvalue weighted by atomic mass is 9.90. The van der Waals surface area contributed by atoms with Gasteiger partial charge in [-0.3, -0.25) is 0 Å². The van der Waals surface area contributed by atoms with E-state index in [2.05, 4.69) is 0 Å². The van der Waals surface area contributed by atoms with E-state index in [0.29, 0.717) is 35.8 Å². The highest BCUT2D eigenvalue weighted by Gasteiger charge is 2.39. The second kappa shape index (κ2) is 11.0. The van der Waals surface area contributed by atoms with Crippen molar-refractivity contribution in [1.29, 1.82) is 0 Å². The van der Waals surface area contributed by atoms with Crippen LogP contribution in [0.25, 0.3) is 0 Å². The highest BCUT2D eigenvalue weighted by atomic mass is 32.2. The second-order valence-electron chi connectivity index (χ2n) is 9.52. The van der Waals surface area contributed by atoms with Gasteiger partial charge in [0.1, 0.15) is 18.1 Å². The number of aromatic hydroxyl groups is 1. The molecule has 0 aromatic heterocycles. The molecule has 202 valence electrons. The van der Waals surface area contributed by atoms with E-state index < -0.39 is 16.1 Å². The van der Waals surface area contributed by atoms with Crippen molar-refractivity contribution in [3.05, 3.63) is 113 Å². The SMILES string of the molecule is COc1cc(O)ccc1C1Cc2ccc(OC)c(OCc3ccccc3)c2CN1S(=O)(=O)c1ccc(C)cc1. The predicted molar refractivity (Wildman–Crippen MR) is 149 cm³/mol. The Labute approximate surface area is 229 Å². The molecular weight excluding hydrogens is 514 g/mol. The van der Waals surface area contributed by atoms with E-state index in [1.54, 1.807) is 43.5 Å². The van der Waals surface area contributed by atoms with Crippen LogP contribution in [0.2, 0.25) is 0 Å². The summed E-state index contributed by atoms with van der Waals surface area (Å²) >= 11 is 0. The van der Waals surface area contributed by atoms with Crippen LogP contribution in [0.1, 0.15) is 33.9 Å². The van der Waals surface area contributed by atoms with Crippen LogP contribution in [0.15, 0.2) is 89.8 Å². The van der Waals surface area contributed by atoms with Crippen LogP contribution in [-0.2, 0) is 29.6 Å². The Balaban J connectivity index is 1.63. The fourth-order valence-electron chi connectivity index (χ4n) is 4.97. The molecular formula is C31H31NO6S. The van der Waals surface area contributed by atoms with Gasteiger partial charge in [0.2, 0.25) is 10.0 Å². The zero-order chi connectivity index (χ0) is 27.6. The van der Waals surface area contributed by atoms with Gasteiger partial charge < -0.3 is 19.3 Å². The minimum absolute atomic E-state index is 0.0427. The number of fused-ring (bicyclic) bond motifs is 1. The van der Waals surface area contributed by atoms with Crippen molar-refractivity contribution < 1.29 is 27.7 Å². The number of benzene rings is 4. The van der Waals surface area contributed by atoms with Gasteiger partial charge in [-0.1, -0.05) is 60.2 Å². The van der Waals surface area contributed by atoms with E-state index in [0.717, 1.165) is 22.3 Å². The Morgan fingerprint density at radius 1 is 0.897 bits per heavy atom. The summed E-state index contributed by atoms with van der Waals surface area (Å²) in [5.74, 6) is 1.53. The molecule has 0 saturated carbocycles. The number of methoxy groups -OCH3 is 2. The first kappa shape index (κ1) is 26.6. The third kappa shape index (κ3) is 5.30. The quantitative estimate of drug-likeness (QED) is 0.302. The Bertz CT molecular complexity index is 1570. The zero-order valence-corrected chi connectivity index (χ0v) is 22.9. The highest BCUT2D eigenvalue weighted by Crippen LogP contribution is 2.46. The molecule has 0 amide bonds. The molecule has 39 heavy (non-hydrogen) atoms. The third-order valence-corrected chi connectivity index (χ3v) is 8.91. The molecule has 8 heteroatoms. The number of sulfonamides is 1. The lowest BCUT2D eigenvalue weighted by molar-refractivity contribution is 0.255. The molecule has 4 aromatic carbocycles. The number of aryl methyl sites for hydroxylation is 1. The van der Waals surface area contributed by atoms with Crippen LogP contribution < -0.4 is 14.2 Å². The lowest BCUT2D eigenvalue weighted by Crippen LogP contribution is -2.39. The molecule has 4 aromatic rings. The van der Waals surface area contributed by atoms with Crippen LogP contribution in [0, 0.1) is 6.92 Å². The highest BCUT2D eigenvalue weighted by molar-refractivity contribution is 7.89. The van der Waals surface area contributed by atoms with Gasteiger partial charge in [-0.25, -0.2) is 8.42 Å². The number of hydrogen-bond acceptors (Lipinski definition) is 6. The van der Waals surface area contributed by atoms with Crippen molar-refractivity contribution >= 4 is 10.0 Å². The molecule has 1 aliphatic heterocycles. The largest absolute Gasteiger partial charge is 0.508 e. The van der Waals surface area contributed by atoms with Crippen LogP contribution in [0.4, 0.5) is 0 Å². The van der Waals surface area contributed by atoms with Gasteiger partial charge in [-0.15, -0.1) is 0 Å². The Kier molecular flexibility index (Phi) is 7.50. The van der Waals surface area contributed by atoms with Crippen LogP contribution in [0.5, 0.6) is 23.0 Å². The van der Waals surface area contributed by atoms with Crippen molar-refractivity contribution in [2.24, 2.45) is 0 Å². The number of rotatable bonds is 8. The summed E-state index contributed by atoms with van der Waals surface area (Å²) in [5.41, 5.74) is 4.34. The molecule has 1 heterocycles. The Morgan fingerprint density at radius 3 is 2.31 bits per heavy atom. The Hall–Kier alpha value is -4.01. The number of nitrogens with zero attached hydrogens (tertiary/aromatic N) is 1. The average molecular weight is 546 g/mol. The van der Waals surface area contributed by atoms with E-state index in [4.69, 9.17) is 14.2 Å². The molecule has 1 aliphatic rings. The molecule has 1 unspecified atom stereocenters. The van der Waals surface area contributed by atoms with Gasteiger partial charge in [0.15, 0.2) is 11.5 Å². The van der Waals surface area contributed by atoms with Crippen molar-refractivity contribution in [3.63, 3.8) is 0 Å². The standard InChI is InChI=1S/C31H31NO6S/c1-21-9-13-25(14-10-21)39(34,35)32-19-27-23(17-28(32)26-15-12-24(33)18-30(26)37-3)11-16-29(36-2)31(27)38-20-22-7-5-4-6-8-22/h4-16,18,28,33H,17,19-20H2,1-3H3. The normalized spacial score (nSPS) is 15.4. The summed E-state index contributed by atoms with van der Waals surface area (Å²) in [5, 5.41) is 10.1. The van der Waals surface area contributed by atoms with Gasteiger partial charge in [0.05, 0.1) is 25.2 Å². The van der Waals surface area contributed by atoms with E-state index in [1.807, 2.05) is 49.4 Å². The molecule has 1 atom stereocenters. The van der Waals surface area contributed by atoms with Gasteiger partial charge in [-0.2, -0.15) is 4.31 Å². The summed E-state index contributed by atoms with van der Waals surface area (Å²) in [6, 6.07) is 24.6. The summed E-state index contributed by atoms with van der Waals surface area (Å²) in [7, 11) is -0.856. The lowest BCUT2D eigenvalue weighted by Gasteiger charge is -2.37. The smallest absolute Gasteiger partial charge is 0.243 e. The number of hydrogen-bond donors (Lipinski definition) is 1. The minimum Gasteiger partial charge on any atom is -0.508 e. The van der Waals surface area contributed by atoms with Gasteiger partial charge >= 0.3 is 0 Å². The number of phenolic OH excluding ortho intramolecular Hbond substituents is 1. The van der Waals surface area contributed by atoms with Crippen molar-refractivity contribution in [2.45, 2.75) is 37.4 Å². The topological polar surface area (TPSA) is 85.3 Å². The Morgan fingerprint density at radius 2 is 1.62 bits per heavy atom. The summed E-state index contributed by atoms with van der Waals surface area (Å²) < 4.78 is 47.3. The molecule has 0 fully saturated rings. The molecule has 0 saturated heterocycles. The zero-order valence-electron chi connectivity index (χ0n) is 22.1. The molecule has 0 radical (unpaired) electrons. The fraction of sp³-hybridized carbons (Fsp3) is 0.226. The molecule has 1 N–H and O–H groups in total. The average Bonchev–Trinajstić information content (AvgIpc) is 2.95. The van der Waals surface area contributed by atoms with Crippen LogP contribution in [-0.4, -0.2) is 32.0 Å². The van der Waals surface area contributed by atoms with Gasteiger partial charge in [-0.05, 0) is 48.7 Å². The molecule has 0 bridgehead atoms. The molecule has 7 nitrogen and oxygen atoms in total. The summed E-state index contributed by atoms with van der Waals surface area (Å²) in [6.45, 7) is 2.30. The summed E-state index contributed by atoms with van der Waals surface area (Å²) in [4.78, 5) is 0.203.